The lowest BCUT2D eigenvalue weighted by molar-refractivity contribution is -0.153. The molecule has 4 rings (SSSR count). The number of benzene rings is 1. The summed E-state index contributed by atoms with van der Waals surface area (Å²) in [5.74, 6) is -1.50. The van der Waals surface area contributed by atoms with Gasteiger partial charge in [-0.05, 0) is 55.8 Å². The minimum Gasteiger partial charge on any atom is -0.484 e. The summed E-state index contributed by atoms with van der Waals surface area (Å²) < 4.78 is 85.0. The average Bonchev–Trinajstić information content (AvgIpc) is 2.84. The highest BCUT2D eigenvalue weighted by molar-refractivity contribution is 7.89. The third-order valence-electron chi connectivity index (χ3n) is 5.30. The first kappa shape index (κ1) is 25.7. The van der Waals surface area contributed by atoms with Crippen molar-refractivity contribution in [2.75, 3.05) is 25.4 Å². The van der Waals surface area contributed by atoms with E-state index in [4.69, 9.17) is 10.5 Å². The van der Waals surface area contributed by atoms with Crippen molar-refractivity contribution in [1.29, 1.82) is 0 Å². The number of anilines is 1. The molecule has 1 aromatic carbocycles. The minimum absolute atomic E-state index is 0.0124. The highest BCUT2D eigenvalue weighted by Crippen LogP contribution is 2.28. The molecular formula is C22H22F4N6O3S. The van der Waals surface area contributed by atoms with E-state index in [9.17, 15) is 26.0 Å². The number of aromatic nitrogens is 3. The van der Waals surface area contributed by atoms with E-state index in [1.807, 2.05) is 0 Å². The fourth-order valence-corrected chi connectivity index (χ4v) is 4.88. The zero-order valence-corrected chi connectivity index (χ0v) is 19.5. The lowest BCUT2D eigenvalue weighted by Crippen LogP contribution is -2.45. The number of nitrogens with zero attached hydrogens (tertiary/aromatic N) is 3. The average molecular weight is 527 g/mol. The topological polar surface area (TPSA) is 132 Å². The van der Waals surface area contributed by atoms with E-state index in [0.717, 1.165) is 19.2 Å². The number of alkyl halides is 3. The van der Waals surface area contributed by atoms with Crippen molar-refractivity contribution in [3.05, 3.63) is 48.5 Å². The Morgan fingerprint density at radius 3 is 2.47 bits per heavy atom. The fourth-order valence-electron chi connectivity index (χ4n) is 3.57. The Labute approximate surface area is 204 Å². The van der Waals surface area contributed by atoms with E-state index >= 15 is 0 Å². The van der Waals surface area contributed by atoms with Crippen molar-refractivity contribution >= 4 is 15.8 Å². The van der Waals surface area contributed by atoms with Crippen LogP contribution in [-0.2, 0) is 10.0 Å². The molecule has 0 radical (unpaired) electrons. The third-order valence-corrected chi connectivity index (χ3v) is 6.80. The van der Waals surface area contributed by atoms with Gasteiger partial charge in [-0.25, -0.2) is 28.1 Å². The zero-order chi connectivity index (χ0) is 25.9. The van der Waals surface area contributed by atoms with Gasteiger partial charge >= 0.3 is 6.18 Å². The Bertz CT molecular complexity index is 1330. The molecule has 1 saturated heterocycles. The number of nitrogens with two attached hydrogens (primary N) is 1. The number of nitrogen functional groups attached to an aromatic ring is 1. The summed E-state index contributed by atoms with van der Waals surface area (Å²) in [5.41, 5.74) is 5.90. The molecule has 0 unspecified atom stereocenters. The molecule has 0 saturated carbocycles. The zero-order valence-electron chi connectivity index (χ0n) is 18.7. The Morgan fingerprint density at radius 1 is 1.11 bits per heavy atom. The highest BCUT2D eigenvalue weighted by atomic mass is 32.2. The normalized spacial score (nSPS) is 16.6. The van der Waals surface area contributed by atoms with Gasteiger partial charge in [0.2, 0.25) is 10.0 Å². The summed E-state index contributed by atoms with van der Waals surface area (Å²) >= 11 is 0. The SMILES string of the molecule is Nc1ncc(-c2cc(S(=O)(=O)N[C@H]3CCCNC3)cc(-c3ccc(OCC(F)(F)F)cc3)n2)nc1F. The standard InChI is InChI=1S/C22H22F4N6O3S/c23-20-21(27)29-11-19(31-20)18-9-16(36(33,34)32-14-2-1-7-28-10-14)8-17(30-18)13-3-5-15(6-4-13)35-12-22(24,25)26/h3-6,8-9,11,14,28,32H,1-2,7,10,12H2,(H2,27,29)/t14-/m0/s1. The van der Waals surface area contributed by atoms with Crippen LogP contribution in [0.3, 0.4) is 0 Å². The fraction of sp³-hybridized carbons (Fsp3) is 0.318. The summed E-state index contributed by atoms with van der Waals surface area (Å²) in [6, 6.07) is 7.71. The molecule has 9 nitrogen and oxygen atoms in total. The molecule has 0 aliphatic carbocycles. The summed E-state index contributed by atoms with van der Waals surface area (Å²) in [4.78, 5) is 11.7. The number of sulfonamides is 1. The van der Waals surface area contributed by atoms with Gasteiger partial charge in [0.15, 0.2) is 12.4 Å². The second kappa shape index (κ2) is 10.3. The van der Waals surface area contributed by atoms with Gasteiger partial charge in [0.1, 0.15) is 11.4 Å². The van der Waals surface area contributed by atoms with Gasteiger partial charge in [0.25, 0.3) is 5.95 Å². The summed E-state index contributed by atoms with van der Waals surface area (Å²) in [6.45, 7) is -0.185. The van der Waals surface area contributed by atoms with E-state index in [0.29, 0.717) is 18.5 Å². The minimum atomic E-state index is -4.49. The maximum atomic E-state index is 14.0. The molecule has 1 atom stereocenters. The van der Waals surface area contributed by atoms with Crippen LogP contribution in [0, 0.1) is 5.95 Å². The number of nitrogens with one attached hydrogen (secondary N) is 2. The molecule has 1 fully saturated rings. The van der Waals surface area contributed by atoms with Gasteiger partial charge in [-0.3, -0.25) is 0 Å². The van der Waals surface area contributed by atoms with Gasteiger partial charge in [-0.1, -0.05) is 0 Å². The van der Waals surface area contributed by atoms with Crippen molar-refractivity contribution < 1.29 is 30.7 Å². The smallest absolute Gasteiger partial charge is 0.422 e. The molecular weight excluding hydrogens is 504 g/mol. The molecule has 4 N–H and O–H groups in total. The van der Waals surface area contributed by atoms with Gasteiger partial charge < -0.3 is 15.8 Å². The second-order valence-electron chi connectivity index (χ2n) is 8.10. The van der Waals surface area contributed by atoms with Gasteiger partial charge in [-0.15, -0.1) is 0 Å². The van der Waals surface area contributed by atoms with Gasteiger partial charge in [0.05, 0.1) is 22.5 Å². The van der Waals surface area contributed by atoms with Crippen molar-refractivity contribution in [3.63, 3.8) is 0 Å². The third kappa shape index (κ3) is 6.44. The van der Waals surface area contributed by atoms with E-state index < -0.39 is 34.6 Å². The number of ether oxygens (including phenoxy) is 1. The molecule has 1 aliphatic rings. The van der Waals surface area contributed by atoms with Crippen molar-refractivity contribution in [2.45, 2.75) is 30.0 Å². The number of piperidine rings is 1. The molecule has 14 heteroatoms. The van der Waals surface area contributed by atoms with E-state index in [1.165, 1.54) is 36.4 Å². The Balaban J connectivity index is 1.72. The number of pyridine rings is 1. The molecule has 0 bridgehead atoms. The predicted octanol–water partition coefficient (Wildman–Crippen LogP) is 2.90. The maximum Gasteiger partial charge on any atom is 0.422 e. The van der Waals surface area contributed by atoms with Crippen LogP contribution in [-0.4, -0.2) is 55.3 Å². The number of hydrogen-bond acceptors (Lipinski definition) is 8. The van der Waals surface area contributed by atoms with E-state index in [-0.39, 0.29) is 33.8 Å². The van der Waals surface area contributed by atoms with Gasteiger partial charge in [0, 0.05) is 18.2 Å². The molecule has 3 aromatic rings. The van der Waals surface area contributed by atoms with Crippen LogP contribution in [0.5, 0.6) is 5.75 Å². The van der Waals surface area contributed by atoms with Crippen LogP contribution in [0.4, 0.5) is 23.4 Å². The summed E-state index contributed by atoms with van der Waals surface area (Å²) in [7, 11) is -4.02. The summed E-state index contributed by atoms with van der Waals surface area (Å²) in [6.07, 6.45) is -1.87. The first-order chi connectivity index (χ1) is 17.0. The van der Waals surface area contributed by atoms with Crippen LogP contribution in [0.15, 0.2) is 47.5 Å². The van der Waals surface area contributed by atoms with Crippen molar-refractivity contribution in [3.8, 4) is 28.4 Å². The van der Waals surface area contributed by atoms with Crippen LogP contribution in [0.2, 0.25) is 0 Å². The molecule has 36 heavy (non-hydrogen) atoms. The lowest BCUT2D eigenvalue weighted by Gasteiger charge is -2.23. The number of hydrogen-bond donors (Lipinski definition) is 3. The molecule has 192 valence electrons. The first-order valence-electron chi connectivity index (χ1n) is 10.8. The van der Waals surface area contributed by atoms with Crippen LogP contribution in [0.1, 0.15) is 12.8 Å². The largest absolute Gasteiger partial charge is 0.484 e. The quantitative estimate of drug-likeness (QED) is 0.401. The molecule has 2 aromatic heterocycles. The Hall–Kier alpha value is -3.36. The maximum absolute atomic E-state index is 14.0. The van der Waals surface area contributed by atoms with Crippen LogP contribution in [0.25, 0.3) is 22.6 Å². The van der Waals surface area contributed by atoms with Crippen molar-refractivity contribution in [2.24, 2.45) is 0 Å². The van der Waals surface area contributed by atoms with Crippen LogP contribution < -0.4 is 20.5 Å². The monoisotopic (exact) mass is 526 g/mol. The first-order valence-corrected chi connectivity index (χ1v) is 12.3. The number of rotatable bonds is 7. The van der Waals surface area contributed by atoms with Crippen molar-refractivity contribution in [1.82, 2.24) is 25.0 Å². The van der Waals surface area contributed by atoms with E-state index in [2.05, 4.69) is 25.0 Å². The molecule has 1 aliphatic heterocycles. The lowest BCUT2D eigenvalue weighted by atomic mass is 10.1. The van der Waals surface area contributed by atoms with E-state index in [1.54, 1.807) is 0 Å². The molecule has 3 heterocycles. The van der Waals surface area contributed by atoms with Gasteiger partial charge in [-0.2, -0.15) is 17.6 Å². The second-order valence-corrected chi connectivity index (χ2v) is 9.81. The Kier molecular flexibility index (Phi) is 7.38. The molecule has 0 spiro atoms. The Morgan fingerprint density at radius 2 is 1.83 bits per heavy atom. The predicted molar refractivity (Wildman–Crippen MR) is 123 cm³/mol. The van der Waals surface area contributed by atoms with Crippen LogP contribution >= 0.6 is 0 Å². The highest BCUT2D eigenvalue weighted by Gasteiger charge is 2.28. The molecule has 0 amide bonds. The summed E-state index contributed by atoms with van der Waals surface area (Å²) in [5, 5.41) is 3.13. The number of halogens is 4.